The van der Waals surface area contributed by atoms with Crippen LogP contribution < -0.4 is 5.32 Å². The van der Waals surface area contributed by atoms with Crippen molar-refractivity contribution in [3.63, 3.8) is 0 Å². The average Bonchev–Trinajstić information content (AvgIpc) is 2.57. The largest absolute Gasteiger partial charge is 0.350 e. The Kier molecular flexibility index (Phi) is 6.39. The van der Waals surface area contributed by atoms with Crippen molar-refractivity contribution in [3.05, 3.63) is 60.2 Å². The van der Waals surface area contributed by atoms with Gasteiger partial charge in [-0.05, 0) is 29.8 Å². The summed E-state index contributed by atoms with van der Waals surface area (Å²) in [5, 5.41) is 2.74. The lowest BCUT2D eigenvalue weighted by atomic mass is 10.2. The molecule has 0 aliphatic rings. The molecular formula is C16H20N4O3S. The van der Waals surface area contributed by atoms with E-state index in [1.165, 1.54) is 4.31 Å². The minimum Gasteiger partial charge on any atom is -0.350 e. The van der Waals surface area contributed by atoms with Crippen LogP contribution in [0.5, 0.6) is 0 Å². The number of aromatic nitrogens is 2. The zero-order valence-electron chi connectivity index (χ0n) is 13.4. The summed E-state index contributed by atoms with van der Waals surface area (Å²) in [5.74, 6) is -0.218. The summed E-state index contributed by atoms with van der Waals surface area (Å²) in [4.78, 5) is 19.9. The van der Waals surface area contributed by atoms with E-state index in [0.29, 0.717) is 6.54 Å². The molecule has 128 valence electrons. The molecule has 0 radical (unpaired) electrons. The van der Waals surface area contributed by atoms with Crippen LogP contribution in [0, 0.1) is 0 Å². The fourth-order valence-electron chi connectivity index (χ4n) is 2.06. The Bertz CT molecular complexity index is 751. The Labute approximate surface area is 141 Å². The Morgan fingerprint density at radius 1 is 1.17 bits per heavy atom. The van der Waals surface area contributed by atoms with Gasteiger partial charge in [0.05, 0.1) is 18.5 Å². The predicted molar refractivity (Wildman–Crippen MR) is 90.2 cm³/mol. The lowest BCUT2D eigenvalue weighted by Crippen LogP contribution is -2.34. The molecule has 0 aromatic carbocycles. The van der Waals surface area contributed by atoms with E-state index in [-0.39, 0.29) is 25.4 Å². The minimum absolute atomic E-state index is 0.0883. The van der Waals surface area contributed by atoms with E-state index in [0.717, 1.165) is 17.5 Å². The van der Waals surface area contributed by atoms with Gasteiger partial charge >= 0.3 is 0 Å². The number of nitrogens with zero attached hydrogens (tertiary/aromatic N) is 3. The molecule has 2 aromatic heterocycles. The van der Waals surface area contributed by atoms with Gasteiger partial charge in [0, 0.05) is 38.1 Å². The van der Waals surface area contributed by atoms with Crippen molar-refractivity contribution in [1.82, 2.24) is 19.6 Å². The van der Waals surface area contributed by atoms with Crippen molar-refractivity contribution in [2.75, 3.05) is 12.8 Å². The maximum absolute atomic E-state index is 11.9. The molecule has 0 aliphatic heterocycles. The lowest BCUT2D eigenvalue weighted by molar-refractivity contribution is -0.121. The van der Waals surface area contributed by atoms with Crippen molar-refractivity contribution in [2.45, 2.75) is 19.5 Å². The van der Waals surface area contributed by atoms with Crippen LogP contribution in [0.2, 0.25) is 0 Å². The van der Waals surface area contributed by atoms with Crippen LogP contribution in [-0.2, 0) is 27.9 Å². The quantitative estimate of drug-likeness (QED) is 0.767. The third-order valence-corrected chi connectivity index (χ3v) is 4.61. The van der Waals surface area contributed by atoms with E-state index < -0.39 is 10.0 Å². The molecule has 0 saturated carbocycles. The van der Waals surface area contributed by atoms with Gasteiger partial charge < -0.3 is 5.32 Å². The molecule has 0 aliphatic carbocycles. The molecule has 2 rings (SSSR count). The fraction of sp³-hybridized carbons (Fsp3) is 0.312. The van der Waals surface area contributed by atoms with Crippen molar-refractivity contribution in [3.8, 4) is 0 Å². The monoisotopic (exact) mass is 348 g/mol. The maximum Gasteiger partial charge on any atom is 0.221 e. The van der Waals surface area contributed by atoms with Gasteiger partial charge in [0.25, 0.3) is 0 Å². The highest BCUT2D eigenvalue weighted by Crippen LogP contribution is 2.08. The third kappa shape index (κ3) is 6.05. The van der Waals surface area contributed by atoms with Crippen LogP contribution in [0.25, 0.3) is 0 Å². The Morgan fingerprint density at radius 2 is 1.92 bits per heavy atom. The van der Waals surface area contributed by atoms with Crippen LogP contribution in [0.4, 0.5) is 0 Å². The van der Waals surface area contributed by atoms with E-state index in [9.17, 15) is 13.2 Å². The first kappa shape index (κ1) is 18.0. The number of carbonyl (C=O) groups is 1. The summed E-state index contributed by atoms with van der Waals surface area (Å²) in [6.07, 6.45) is 6.09. The second-order valence-corrected chi connectivity index (χ2v) is 7.28. The van der Waals surface area contributed by atoms with Gasteiger partial charge in [0.2, 0.25) is 15.9 Å². The highest BCUT2D eigenvalue weighted by Gasteiger charge is 2.18. The summed E-state index contributed by atoms with van der Waals surface area (Å²) >= 11 is 0. The highest BCUT2D eigenvalue weighted by molar-refractivity contribution is 7.88. The first-order valence-electron chi connectivity index (χ1n) is 7.46. The molecule has 2 aromatic rings. The van der Waals surface area contributed by atoms with E-state index in [4.69, 9.17) is 0 Å². The van der Waals surface area contributed by atoms with Crippen LogP contribution in [0.1, 0.15) is 17.7 Å². The van der Waals surface area contributed by atoms with Crippen molar-refractivity contribution >= 4 is 15.9 Å². The van der Waals surface area contributed by atoms with Gasteiger partial charge in [-0.3, -0.25) is 14.8 Å². The summed E-state index contributed by atoms with van der Waals surface area (Å²) < 4.78 is 25.1. The normalized spacial score (nSPS) is 11.4. The Morgan fingerprint density at radius 3 is 2.54 bits per heavy atom. The van der Waals surface area contributed by atoms with Crippen molar-refractivity contribution in [1.29, 1.82) is 0 Å². The number of carbonyl (C=O) groups excluding carboxylic acids is 1. The number of rotatable bonds is 8. The summed E-state index contributed by atoms with van der Waals surface area (Å²) in [6.45, 7) is 0.660. The number of hydrogen-bond acceptors (Lipinski definition) is 5. The number of nitrogens with one attached hydrogen (secondary N) is 1. The second-order valence-electron chi connectivity index (χ2n) is 5.30. The molecule has 0 atom stereocenters. The lowest BCUT2D eigenvalue weighted by Gasteiger charge is -2.19. The van der Waals surface area contributed by atoms with E-state index in [2.05, 4.69) is 15.3 Å². The van der Waals surface area contributed by atoms with Crippen LogP contribution in [0.15, 0.2) is 48.9 Å². The molecule has 1 amide bonds. The first-order valence-corrected chi connectivity index (χ1v) is 9.30. The number of pyridine rings is 2. The van der Waals surface area contributed by atoms with Gasteiger partial charge in [-0.15, -0.1) is 0 Å². The standard InChI is InChI=1S/C16H20N4O3S/c1-24(22,23)20(13-14-5-9-17-10-6-14)11-7-16(21)19-12-15-4-2-3-8-18-15/h2-6,8-10H,7,11-13H2,1H3,(H,19,21). The van der Waals surface area contributed by atoms with Crippen LogP contribution >= 0.6 is 0 Å². The smallest absolute Gasteiger partial charge is 0.221 e. The zero-order valence-corrected chi connectivity index (χ0v) is 14.2. The van der Waals surface area contributed by atoms with E-state index in [1.54, 1.807) is 36.8 Å². The van der Waals surface area contributed by atoms with Gasteiger partial charge in [-0.2, -0.15) is 4.31 Å². The second kappa shape index (κ2) is 8.51. The van der Waals surface area contributed by atoms with Gasteiger partial charge in [0.15, 0.2) is 0 Å². The van der Waals surface area contributed by atoms with Crippen LogP contribution in [0.3, 0.4) is 0 Å². The molecule has 2 heterocycles. The van der Waals surface area contributed by atoms with Gasteiger partial charge in [0.1, 0.15) is 0 Å². The molecule has 0 saturated heterocycles. The molecule has 0 unspecified atom stereocenters. The van der Waals surface area contributed by atoms with Gasteiger partial charge in [-0.25, -0.2) is 8.42 Å². The molecule has 0 fully saturated rings. The molecule has 0 spiro atoms. The predicted octanol–water partition coefficient (Wildman–Crippen LogP) is 0.945. The summed E-state index contributed by atoms with van der Waals surface area (Å²) in [6, 6.07) is 8.95. The Hall–Kier alpha value is -2.32. The zero-order chi connectivity index (χ0) is 17.4. The van der Waals surface area contributed by atoms with Crippen molar-refractivity contribution < 1.29 is 13.2 Å². The molecule has 1 N–H and O–H groups in total. The molecule has 24 heavy (non-hydrogen) atoms. The van der Waals surface area contributed by atoms with E-state index in [1.807, 2.05) is 12.1 Å². The fourth-order valence-corrected chi connectivity index (χ4v) is 2.87. The first-order chi connectivity index (χ1) is 11.4. The number of sulfonamides is 1. The Balaban J connectivity index is 1.87. The summed E-state index contributed by atoms with van der Waals surface area (Å²) in [7, 11) is -3.41. The average molecular weight is 348 g/mol. The van der Waals surface area contributed by atoms with Crippen LogP contribution in [-0.4, -0.2) is 41.4 Å². The molecule has 0 bridgehead atoms. The summed E-state index contributed by atoms with van der Waals surface area (Å²) in [5.41, 5.74) is 1.58. The minimum atomic E-state index is -3.41. The molecule has 7 nitrogen and oxygen atoms in total. The third-order valence-electron chi connectivity index (χ3n) is 3.36. The van der Waals surface area contributed by atoms with Gasteiger partial charge in [-0.1, -0.05) is 6.07 Å². The highest BCUT2D eigenvalue weighted by atomic mass is 32.2. The SMILES string of the molecule is CS(=O)(=O)N(CCC(=O)NCc1ccccn1)Cc1ccncc1. The van der Waals surface area contributed by atoms with E-state index >= 15 is 0 Å². The topological polar surface area (TPSA) is 92.3 Å². The number of hydrogen-bond donors (Lipinski definition) is 1. The van der Waals surface area contributed by atoms with Crippen molar-refractivity contribution in [2.24, 2.45) is 0 Å². The number of amides is 1. The molecule has 8 heteroatoms. The molecular weight excluding hydrogens is 328 g/mol. The maximum atomic E-state index is 11.9.